The van der Waals surface area contributed by atoms with E-state index in [-0.39, 0.29) is 18.0 Å². The molecular formula is C19H30N6O3. The minimum absolute atomic E-state index is 0.0401. The molecule has 0 saturated carbocycles. The Bertz CT molecular complexity index is 729. The molecule has 28 heavy (non-hydrogen) atoms. The number of hydrogen-bond acceptors (Lipinski definition) is 4. The maximum absolute atomic E-state index is 12.1. The number of benzene rings is 1. The molecule has 0 aliphatic carbocycles. The Balaban J connectivity index is 1.89. The van der Waals surface area contributed by atoms with Crippen LogP contribution >= 0.6 is 0 Å². The number of carbonyl (C=O) groups is 1. The van der Waals surface area contributed by atoms with E-state index in [9.17, 15) is 4.79 Å². The number of nitrogens with two attached hydrogens (primary N) is 3. The van der Waals surface area contributed by atoms with Gasteiger partial charge in [0.2, 0.25) is 5.96 Å². The van der Waals surface area contributed by atoms with Gasteiger partial charge >= 0.3 is 6.09 Å². The van der Waals surface area contributed by atoms with E-state index in [2.05, 4.69) is 9.98 Å². The van der Waals surface area contributed by atoms with E-state index in [0.717, 1.165) is 12.8 Å². The molecule has 9 nitrogen and oxygen atoms in total. The van der Waals surface area contributed by atoms with Gasteiger partial charge in [0.05, 0.1) is 6.61 Å². The van der Waals surface area contributed by atoms with Crippen molar-refractivity contribution in [2.45, 2.75) is 39.2 Å². The highest BCUT2D eigenvalue weighted by Gasteiger charge is 2.27. The molecule has 6 N–H and O–H groups in total. The Morgan fingerprint density at radius 3 is 2.43 bits per heavy atom. The zero-order valence-corrected chi connectivity index (χ0v) is 16.7. The van der Waals surface area contributed by atoms with Gasteiger partial charge in [0, 0.05) is 13.1 Å². The van der Waals surface area contributed by atoms with Gasteiger partial charge in [-0.05, 0) is 51.7 Å². The largest absolute Gasteiger partial charge is 0.491 e. The molecule has 1 saturated heterocycles. The predicted octanol–water partition coefficient (Wildman–Crippen LogP) is 1.93. The summed E-state index contributed by atoms with van der Waals surface area (Å²) in [5, 5.41) is 0. The van der Waals surface area contributed by atoms with Crippen LogP contribution in [0.1, 0.15) is 33.6 Å². The Hall–Kier alpha value is -2.97. The van der Waals surface area contributed by atoms with Gasteiger partial charge in [0.1, 0.15) is 17.0 Å². The summed E-state index contributed by atoms with van der Waals surface area (Å²) in [6.45, 7) is 7.43. The van der Waals surface area contributed by atoms with Crippen LogP contribution in [0.3, 0.4) is 0 Å². The Kier molecular flexibility index (Phi) is 7.08. The van der Waals surface area contributed by atoms with E-state index < -0.39 is 5.60 Å². The fourth-order valence-corrected chi connectivity index (χ4v) is 2.77. The number of aliphatic imine (C=N–C) groups is 2. The van der Waals surface area contributed by atoms with Crippen molar-refractivity contribution in [2.24, 2.45) is 33.1 Å². The second kappa shape index (κ2) is 9.29. The third-order valence-electron chi connectivity index (χ3n) is 4.08. The highest BCUT2D eigenvalue weighted by molar-refractivity contribution is 5.93. The molecule has 154 valence electrons. The zero-order chi connectivity index (χ0) is 20.7. The number of guanidine groups is 2. The molecule has 1 aromatic rings. The Morgan fingerprint density at radius 2 is 1.82 bits per heavy atom. The average Bonchev–Trinajstić information content (AvgIpc) is 2.59. The first kappa shape index (κ1) is 21.3. The Morgan fingerprint density at radius 1 is 1.18 bits per heavy atom. The summed E-state index contributed by atoms with van der Waals surface area (Å²) in [6.07, 6.45) is 1.43. The molecule has 0 spiro atoms. The number of hydrogen-bond donors (Lipinski definition) is 3. The monoisotopic (exact) mass is 390 g/mol. The van der Waals surface area contributed by atoms with Gasteiger partial charge in [0.25, 0.3) is 0 Å². The summed E-state index contributed by atoms with van der Waals surface area (Å²) in [5.74, 6) is 0.745. The van der Waals surface area contributed by atoms with E-state index in [4.69, 9.17) is 26.7 Å². The van der Waals surface area contributed by atoms with Gasteiger partial charge in [-0.15, -0.1) is 0 Å². The van der Waals surface area contributed by atoms with Crippen LogP contribution in [0.25, 0.3) is 0 Å². The fraction of sp³-hybridized carbons (Fsp3) is 0.526. The number of nitrogens with zero attached hydrogens (tertiary/aromatic N) is 3. The lowest BCUT2D eigenvalue weighted by Gasteiger charge is -2.33. The number of rotatable bonds is 4. The van der Waals surface area contributed by atoms with E-state index in [1.807, 2.05) is 39.0 Å². The Labute approximate surface area is 165 Å². The van der Waals surface area contributed by atoms with Crippen LogP contribution in [0.15, 0.2) is 34.3 Å². The van der Waals surface area contributed by atoms with Crippen molar-refractivity contribution in [1.82, 2.24) is 4.90 Å². The van der Waals surface area contributed by atoms with Crippen LogP contribution in [-0.2, 0) is 4.74 Å². The summed E-state index contributed by atoms with van der Waals surface area (Å²) in [4.78, 5) is 21.8. The molecule has 1 heterocycles. The average molecular weight is 390 g/mol. The van der Waals surface area contributed by atoms with Crippen molar-refractivity contribution in [1.29, 1.82) is 0 Å². The molecule has 1 fully saturated rings. The molecule has 0 bridgehead atoms. The molecule has 0 aromatic heterocycles. The van der Waals surface area contributed by atoms with E-state index in [0.29, 0.717) is 37.1 Å². The molecule has 0 radical (unpaired) electrons. The standard InChI is InChI=1S/C19H30N6O3/c1-19(2,3)28-18(26)25-10-8-13(9-11-25)12-27-15-7-5-4-6-14(15)23-17(22)24-16(20)21/h4-7,13H,8-12H2,1-3H3,(H6,20,21,22,23,24). The maximum Gasteiger partial charge on any atom is 0.410 e. The number of carbonyl (C=O) groups excluding carboxylic acids is 1. The summed E-state index contributed by atoms with van der Waals surface area (Å²) in [7, 11) is 0. The second-order valence-electron chi connectivity index (χ2n) is 7.70. The van der Waals surface area contributed by atoms with Gasteiger partial charge in [-0.1, -0.05) is 12.1 Å². The lowest BCUT2D eigenvalue weighted by Crippen LogP contribution is -2.42. The van der Waals surface area contributed by atoms with Gasteiger partial charge in [-0.2, -0.15) is 4.99 Å². The van der Waals surface area contributed by atoms with E-state index >= 15 is 0 Å². The minimum Gasteiger partial charge on any atom is -0.491 e. The van der Waals surface area contributed by atoms with Gasteiger partial charge in [0.15, 0.2) is 5.96 Å². The number of likely N-dealkylation sites (tertiary alicyclic amines) is 1. The van der Waals surface area contributed by atoms with Crippen LogP contribution in [0.5, 0.6) is 5.75 Å². The predicted molar refractivity (Wildman–Crippen MR) is 110 cm³/mol. The topological polar surface area (TPSA) is 142 Å². The molecule has 1 aliphatic rings. The smallest absolute Gasteiger partial charge is 0.410 e. The fourth-order valence-electron chi connectivity index (χ4n) is 2.77. The quantitative estimate of drug-likeness (QED) is 0.530. The van der Waals surface area contributed by atoms with E-state index in [1.165, 1.54) is 0 Å². The highest BCUT2D eigenvalue weighted by atomic mass is 16.6. The first-order chi connectivity index (χ1) is 13.1. The molecule has 1 aliphatic heterocycles. The third-order valence-corrected chi connectivity index (χ3v) is 4.08. The van der Waals surface area contributed by atoms with E-state index in [1.54, 1.807) is 11.0 Å². The van der Waals surface area contributed by atoms with Crippen molar-refractivity contribution >= 4 is 23.7 Å². The number of amides is 1. The normalized spacial score (nSPS) is 15.8. The van der Waals surface area contributed by atoms with Gasteiger partial charge in [-0.25, -0.2) is 9.79 Å². The van der Waals surface area contributed by atoms with Crippen LogP contribution in [0.2, 0.25) is 0 Å². The minimum atomic E-state index is -0.484. The lowest BCUT2D eigenvalue weighted by molar-refractivity contribution is 0.0165. The molecular weight excluding hydrogens is 360 g/mol. The molecule has 1 aromatic carbocycles. The maximum atomic E-state index is 12.1. The first-order valence-electron chi connectivity index (χ1n) is 9.27. The van der Waals surface area contributed by atoms with Crippen LogP contribution in [0.4, 0.5) is 10.5 Å². The number of para-hydroxylation sites is 2. The SMILES string of the molecule is CC(C)(C)OC(=O)N1CCC(COc2ccccc2N=C(N)N=C(N)N)CC1. The van der Waals surface area contributed by atoms with Crippen LogP contribution in [-0.4, -0.2) is 48.2 Å². The number of piperidine rings is 1. The van der Waals surface area contributed by atoms with Crippen LogP contribution < -0.4 is 21.9 Å². The molecule has 0 atom stereocenters. The molecule has 2 rings (SSSR count). The summed E-state index contributed by atoms with van der Waals surface area (Å²) >= 11 is 0. The molecule has 9 heteroatoms. The third kappa shape index (κ3) is 6.98. The van der Waals surface area contributed by atoms with Crippen molar-refractivity contribution in [3.8, 4) is 5.75 Å². The first-order valence-corrected chi connectivity index (χ1v) is 9.27. The second-order valence-corrected chi connectivity index (χ2v) is 7.70. The van der Waals surface area contributed by atoms with Crippen molar-refractivity contribution in [3.05, 3.63) is 24.3 Å². The molecule has 0 unspecified atom stereocenters. The number of ether oxygens (including phenoxy) is 2. The van der Waals surface area contributed by atoms with Gasteiger partial charge in [-0.3, -0.25) is 0 Å². The molecule has 1 amide bonds. The van der Waals surface area contributed by atoms with Crippen molar-refractivity contribution in [2.75, 3.05) is 19.7 Å². The lowest BCUT2D eigenvalue weighted by atomic mass is 9.98. The summed E-state index contributed by atoms with van der Waals surface area (Å²) in [5.41, 5.74) is 16.4. The van der Waals surface area contributed by atoms with Crippen molar-refractivity contribution < 1.29 is 14.3 Å². The summed E-state index contributed by atoms with van der Waals surface area (Å²) < 4.78 is 11.4. The van der Waals surface area contributed by atoms with Crippen LogP contribution in [0, 0.1) is 5.92 Å². The van der Waals surface area contributed by atoms with Gasteiger partial charge < -0.3 is 31.6 Å². The van der Waals surface area contributed by atoms with Crippen molar-refractivity contribution in [3.63, 3.8) is 0 Å². The summed E-state index contributed by atoms with van der Waals surface area (Å²) in [6, 6.07) is 7.27. The highest BCUT2D eigenvalue weighted by Crippen LogP contribution is 2.28. The zero-order valence-electron chi connectivity index (χ0n) is 16.7.